The van der Waals surface area contributed by atoms with E-state index in [1.807, 2.05) is 54.2 Å². The van der Waals surface area contributed by atoms with E-state index in [9.17, 15) is 4.79 Å². The maximum Gasteiger partial charge on any atom is 0.254 e. The van der Waals surface area contributed by atoms with Crippen LogP contribution in [0.1, 0.15) is 10.4 Å². The van der Waals surface area contributed by atoms with Gasteiger partial charge in [0, 0.05) is 48.9 Å². The smallest absolute Gasteiger partial charge is 0.254 e. The Balaban J connectivity index is 1.50. The number of pyridine rings is 1. The molecule has 148 valence electrons. The number of nitrogens with one attached hydrogen (secondary N) is 1. The molecule has 7 nitrogen and oxygen atoms in total. The molecule has 0 radical (unpaired) electrons. The number of carbonyl (C=O) groups excluding carboxylic acids is 1. The summed E-state index contributed by atoms with van der Waals surface area (Å²) in [7, 11) is 3.53. The molecule has 5 aromatic rings. The van der Waals surface area contributed by atoms with Gasteiger partial charge in [0.05, 0.1) is 23.1 Å². The van der Waals surface area contributed by atoms with E-state index in [-0.39, 0.29) is 5.91 Å². The van der Waals surface area contributed by atoms with Crippen molar-refractivity contribution in [1.82, 2.24) is 19.9 Å². The van der Waals surface area contributed by atoms with Gasteiger partial charge in [0.15, 0.2) is 0 Å². The summed E-state index contributed by atoms with van der Waals surface area (Å²) in [4.78, 5) is 20.8. The molecule has 5 rings (SSSR count). The van der Waals surface area contributed by atoms with Crippen LogP contribution in [0, 0.1) is 0 Å². The van der Waals surface area contributed by atoms with Crippen molar-refractivity contribution < 1.29 is 13.9 Å². The van der Waals surface area contributed by atoms with Gasteiger partial charge in [-0.2, -0.15) is 0 Å². The average molecular weight is 398 g/mol. The Morgan fingerprint density at radius 1 is 1.10 bits per heavy atom. The number of aromatic nitrogens is 3. The minimum atomic E-state index is -0.189. The highest BCUT2D eigenvalue weighted by Gasteiger charge is 2.14. The summed E-state index contributed by atoms with van der Waals surface area (Å²) >= 11 is 0. The fourth-order valence-corrected chi connectivity index (χ4v) is 3.44. The number of benzene rings is 2. The van der Waals surface area contributed by atoms with E-state index in [1.54, 1.807) is 25.6 Å². The second-order valence-electron chi connectivity index (χ2n) is 6.95. The van der Waals surface area contributed by atoms with Crippen molar-refractivity contribution in [2.24, 2.45) is 7.05 Å². The van der Waals surface area contributed by atoms with Crippen LogP contribution in [0.3, 0.4) is 0 Å². The van der Waals surface area contributed by atoms with Crippen LogP contribution in [0.5, 0.6) is 11.5 Å². The third kappa shape index (κ3) is 3.06. The molecule has 0 bridgehead atoms. The molecule has 0 fully saturated rings. The van der Waals surface area contributed by atoms with Crippen LogP contribution in [0.4, 0.5) is 0 Å². The van der Waals surface area contributed by atoms with Crippen molar-refractivity contribution in [3.05, 3.63) is 73.0 Å². The van der Waals surface area contributed by atoms with Gasteiger partial charge >= 0.3 is 0 Å². The van der Waals surface area contributed by atoms with E-state index < -0.39 is 0 Å². The van der Waals surface area contributed by atoms with Gasteiger partial charge in [-0.15, -0.1) is 0 Å². The summed E-state index contributed by atoms with van der Waals surface area (Å²) in [6.45, 7) is 0. The zero-order valence-corrected chi connectivity index (χ0v) is 16.4. The molecule has 1 N–H and O–H groups in total. The number of hydrogen-bond donors (Lipinski definition) is 1. The lowest BCUT2D eigenvalue weighted by atomic mass is 10.1. The maximum absolute atomic E-state index is 11.9. The number of amides is 1. The molecule has 0 atom stereocenters. The van der Waals surface area contributed by atoms with Crippen LogP contribution < -0.4 is 10.1 Å². The highest BCUT2D eigenvalue weighted by Crippen LogP contribution is 2.33. The van der Waals surface area contributed by atoms with E-state index in [0.717, 1.165) is 27.5 Å². The largest absolute Gasteiger partial charge is 0.463 e. The molecule has 30 heavy (non-hydrogen) atoms. The van der Waals surface area contributed by atoms with Crippen LogP contribution in [0.15, 0.2) is 71.9 Å². The molecule has 1 amide bonds. The van der Waals surface area contributed by atoms with E-state index in [4.69, 9.17) is 9.15 Å². The predicted octanol–water partition coefficient (Wildman–Crippen LogP) is 4.53. The van der Waals surface area contributed by atoms with Crippen molar-refractivity contribution in [2.45, 2.75) is 0 Å². The molecule has 0 unspecified atom stereocenters. The highest BCUT2D eigenvalue weighted by molar-refractivity contribution is 6.06. The first-order valence-corrected chi connectivity index (χ1v) is 9.40. The zero-order chi connectivity index (χ0) is 20.7. The SMILES string of the molecule is CNC(=O)c1coc2cc(Oc3ccnc4cc(-c5cn(C)cn5)ccc34)ccc12. The molecule has 0 aliphatic carbocycles. The van der Waals surface area contributed by atoms with Crippen LogP contribution in [-0.2, 0) is 7.05 Å². The summed E-state index contributed by atoms with van der Waals surface area (Å²) in [6, 6.07) is 13.2. The molecule has 0 spiro atoms. The maximum atomic E-state index is 11.9. The Labute approximate surface area is 171 Å². The molecular weight excluding hydrogens is 380 g/mol. The van der Waals surface area contributed by atoms with Gasteiger partial charge in [-0.25, -0.2) is 4.98 Å². The Kier molecular flexibility index (Phi) is 4.21. The van der Waals surface area contributed by atoms with Crippen LogP contribution in [-0.4, -0.2) is 27.5 Å². The number of nitrogens with zero attached hydrogens (tertiary/aromatic N) is 3. The van der Waals surface area contributed by atoms with Gasteiger partial charge in [-0.3, -0.25) is 9.78 Å². The minimum Gasteiger partial charge on any atom is -0.463 e. The summed E-state index contributed by atoms with van der Waals surface area (Å²) in [5, 5.41) is 4.24. The molecule has 0 saturated heterocycles. The zero-order valence-electron chi connectivity index (χ0n) is 16.4. The number of carbonyl (C=O) groups is 1. The summed E-state index contributed by atoms with van der Waals surface area (Å²) in [6.07, 6.45) is 6.91. The van der Waals surface area contributed by atoms with Crippen LogP contribution in [0.25, 0.3) is 33.1 Å². The van der Waals surface area contributed by atoms with Gasteiger partial charge in [-0.05, 0) is 30.3 Å². The van der Waals surface area contributed by atoms with Gasteiger partial charge in [0.25, 0.3) is 5.91 Å². The predicted molar refractivity (Wildman–Crippen MR) is 114 cm³/mol. The van der Waals surface area contributed by atoms with E-state index in [0.29, 0.717) is 22.6 Å². The second kappa shape index (κ2) is 7.04. The van der Waals surface area contributed by atoms with Crippen molar-refractivity contribution in [1.29, 1.82) is 0 Å². The molecule has 0 aliphatic heterocycles. The van der Waals surface area contributed by atoms with Gasteiger partial charge in [0.1, 0.15) is 23.3 Å². The number of ether oxygens (including phenoxy) is 1. The number of imidazole rings is 1. The van der Waals surface area contributed by atoms with E-state index >= 15 is 0 Å². The standard InChI is InChI=1S/C23H18N4O3/c1-24-23(28)18-12-29-22-10-15(4-6-16(18)22)30-21-7-8-25-19-9-14(3-5-17(19)21)20-11-27(2)13-26-20/h3-13H,1-2H3,(H,24,28). The monoisotopic (exact) mass is 398 g/mol. The Morgan fingerprint density at radius 2 is 1.97 bits per heavy atom. The molecular formula is C23H18N4O3. The first-order chi connectivity index (χ1) is 14.6. The Hall–Kier alpha value is -4.13. The third-order valence-electron chi connectivity index (χ3n) is 4.95. The average Bonchev–Trinajstić information content (AvgIpc) is 3.39. The topological polar surface area (TPSA) is 82.2 Å². The van der Waals surface area contributed by atoms with Crippen molar-refractivity contribution in [3.63, 3.8) is 0 Å². The number of furan rings is 1. The van der Waals surface area contributed by atoms with Crippen LogP contribution >= 0.6 is 0 Å². The van der Waals surface area contributed by atoms with Crippen molar-refractivity contribution >= 4 is 27.8 Å². The fraction of sp³-hybridized carbons (Fsp3) is 0.0870. The summed E-state index contributed by atoms with van der Waals surface area (Å²) in [5.41, 5.74) is 3.78. The van der Waals surface area contributed by atoms with Gasteiger partial charge in [0.2, 0.25) is 0 Å². The fourth-order valence-electron chi connectivity index (χ4n) is 3.44. The minimum absolute atomic E-state index is 0.189. The quantitative estimate of drug-likeness (QED) is 0.481. The molecule has 3 aromatic heterocycles. The molecule has 7 heteroatoms. The summed E-state index contributed by atoms with van der Waals surface area (Å²) < 4.78 is 13.6. The van der Waals surface area contributed by atoms with E-state index in [2.05, 4.69) is 15.3 Å². The molecule has 0 aliphatic rings. The van der Waals surface area contributed by atoms with Gasteiger partial charge < -0.3 is 19.0 Å². The summed E-state index contributed by atoms with van der Waals surface area (Å²) in [5.74, 6) is 1.11. The van der Waals surface area contributed by atoms with Crippen molar-refractivity contribution in [2.75, 3.05) is 7.05 Å². The number of hydrogen-bond acceptors (Lipinski definition) is 5. The Bertz CT molecular complexity index is 1400. The number of aryl methyl sites for hydroxylation is 1. The van der Waals surface area contributed by atoms with Crippen LogP contribution in [0.2, 0.25) is 0 Å². The lowest BCUT2D eigenvalue weighted by Crippen LogP contribution is -2.17. The molecule has 3 heterocycles. The lowest BCUT2D eigenvalue weighted by Gasteiger charge is -2.09. The first kappa shape index (κ1) is 17.9. The first-order valence-electron chi connectivity index (χ1n) is 9.40. The third-order valence-corrected chi connectivity index (χ3v) is 4.95. The normalized spacial score (nSPS) is 11.1. The molecule has 2 aromatic carbocycles. The van der Waals surface area contributed by atoms with Gasteiger partial charge in [-0.1, -0.05) is 6.07 Å². The number of fused-ring (bicyclic) bond motifs is 2. The second-order valence-corrected chi connectivity index (χ2v) is 6.95. The highest BCUT2D eigenvalue weighted by atomic mass is 16.5. The van der Waals surface area contributed by atoms with E-state index in [1.165, 1.54) is 6.26 Å². The lowest BCUT2D eigenvalue weighted by molar-refractivity contribution is 0.0964. The number of rotatable bonds is 4. The Morgan fingerprint density at radius 3 is 2.77 bits per heavy atom. The molecule has 0 saturated carbocycles. The van der Waals surface area contributed by atoms with Crippen molar-refractivity contribution in [3.8, 4) is 22.8 Å².